The fourth-order valence-electron chi connectivity index (χ4n) is 3.63. The summed E-state index contributed by atoms with van der Waals surface area (Å²) >= 11 is 0. The Balaban J connectivity index is 1.21. The highest BCUT2D eigenvalue weighted by Gasteiger charge is 2.13. The van der Waals surface area contributed by atoms with E-state index in [0.29, 0.717) is 24.1 Å². The summed E-state index contributed by atoms with van der Waals surface area (Å²) in [6.07, 6.45) is 3.96. The van der Waals surface area contributed by atoms with Gasteiger partial charge in [0.15, 0.2) is 5.69 Å². The molecule has 0 aliphatic heterocycles. The van der Waals surface area contributed by atoms with E-state index in [-0.39, 0.29) is 5.69 Å². The minimum absolute atomic E-state index is 0.0194. The topological polar surface area (TPSA) is 105 Å². The molecule has 0 aliphatic carbocycles. The molecule has 3 aromatic heterocycles. The van der Waals surface area contributed by atoms with E-state index in [1.807, 2.05) is 72.2 Å². The molecule has 8 heteroatoms. The lowest BCUT2D eigenvalue weighted by molar-refractivity contribution is 0.0692. The van der Waals surface area contributed by atoms with Crippen LogP contribution in [-0.4, -0.2) is 30.7 Å². The van der Waals surface area contributed by atoms with Crippen molar-refractivity contribution in [1.29, 1.82) is 0 Å². The van der Waals surface area contributed by atoms with E-state index >= 15 is 0 Å². The van der Waals surface area contributed by atoms with Crippen LogP contribution in [0.2, 0.25) is 0 Å². The van der Waals surface area contributed by atoms with Crippen molar-refractivity contribution >= 4 is 28.2 Å². The maximum atomic E-state index is 11.3. The lowest BCUT2D eigenvalue weighted by Gasteiger charge is -2.08. The summed E-state index contributed by atoms with van der Waals surface area (Å²) in [6.45, 7) is 3.03. The number of imidazole rings is 1. The number of carbonyl (C=O) groups is 1. The minimum atomic E-state index is -1.05. The van der Waals surface area contributed by atoms with Gasteiger partial charge in [-0.25, -0.2) is 9.78 Å². The molecular formula is C24H21N5O3. The average Bonchev–Trinajstić information content (AvgIpc) is 3.41. The molecule has 160 valence electrons. The smallest absolute Gasteiger partial charge is 0.357 e. The summed E-state index contributed by atoms with van der Waals surface area (Å²) in [6, 6.07) is 17.4. The van der Waals surface area contributed by atoms with Gasteiger partial charge in [0.25, 0.3) is 0 Å². The maximum absolute atomic E-state index is 11.3. The number of benzene rings is 2. The largest absolute Gasteiger partial charge is 0.487 e. The number of hydrogen-bond acceptors (Lipinski definition) is 5. The van der Waals surface area contributed by atoms with Crippen molar-refractivity contribution < 1.29 is 14.6 Å². The zero-order valence-corrected chi connectivity index (χ0v) is 17.4. The third-order valence-electron chi connectivity index (χ3n) is 5.30. The number of nitrogens with zero attached hydrogens (tertiary/aromatic N) is 3. The zero-order valence-electron chi connectivity index (χ0n) is 17.4. The van der Waals surface area contributed by atoms with Gasteiger partial charge in [0, 0.05) is 30.0 Å². The fourth-order valence-corrected chi connectivity index (χ4v) is 3.63. The van der Waals surface area contributed by atoms with Gasteiger partial charge >= 0.3 is 5.97 Å². The van der Waals surface area contributed by atoms with E-state index in [1.165, 1.54) is 0 Å². The third-order valence-corrected chi connectivity index (χ3v) is 5.30. The van der Waals surface area contributed by atoms with Crippen LogP contribution in [-0.2, 0) is 13.2 Å². The van der Waals surface area contributed by atoms with Crippen LogP contribution >= 0.6 is 0 Å². The number of anilines is 1. The van der Waals surface area contributed by atoms with E-state index in [9.17, 15) is 9.90 Å². The number of carboxylic acids is 1. The first-order valence-corrected chi connectivity index (χ1v) is 10.2. The van der Waals surface area contributed by atoms with Gasteiger partial charge < -0.3 is 19.6 Å². The number of aromatic nitrogens is 4. The number of ether oxygens (including phenoxy) is 1. The Morgan fingerprint density at radius 3 is 2.81 bits per heavy atom. The average molecular weight is 427 g/mol. The first kappa shape index (κ1) is 19.6. The second-order valence-corrected chi connectivity index (χ2v) is 7.58. The van der Waals surface area contributed by atoms with Gasteiger partial charge in [-0.1, -0.05) is 18.2 Å². The minimum Gasteiger partial charge on any atom is -0.487 e. The predicted octanol–water partition coefficient (Wildman–Crippen LogP) is 4.41. The summed E-state index contributed by atoms with van der Waals surface area (Å²) in [7, 11) is 0. The van der Waals surface area contributed by atoms with Crippen LogP contribution in [0.5, 0.6) is 5.75 Å². The zero-order chi connectivity index (χ0) is 22.1. The highest BCUT2D eigenvalue weighted by molar-refractivity contribution is 6.01. The Morgan fingerprint density at radius 1 is 1.19 bits per heavy atom. The van der Waals surface area contributed by atoms with Crippen LogP contribution in [0.25, 0.3) is 16.6 Å². The Hall–Kier alpha value is -4.33. The SMILES string of the molecule is Cc1cccn2cc(COc3ccc(CNc4ccc5[nH]nc(C(=O)O)c5c4)cc3)nc12. The summed E-state index contributed by atoms with van der Waals surface area (Å²) in [4.78, 5) is 15.9. The molecule has 3 N–H and O–H groups in total. The van der Waals surface area contributed by atoms with Crippen LogP contribution < -0.4 is 10.1 Å². The molecule has 32 heavy (non-hydrogen) atoms. The van der Waals surface area contributed by atoms with E-state index in [1.54, 1.807) is 6.07 Å². The van der Waals surface area contributed by atoms with Gasteiger partial charge in [-0.15, -0.1) is 0 Å². The van der Waals surface area contributed by atoms with Crippen LogP contribution in [0.15, 0.2) is 67.0 Å². The van der Waals surface area contributed by atoms with Crippen molar-refractivity contribution in [2.24, 2.45) is 0 Å². The second kappa shape index (κ2) is 8.07. The highest BCUT2D eigenvalue weighted by Crippen LogP contribution is 2.22. The Labute approximate surface area is 183 Å². The lowest BCUT2D eigenvalue weighted by Crippen LogP contribution is -2.01. The molecule has 0 unspecified atom stereocenters. The molecule has 0 amide bonds. The number of carboxylic acid groups (broad SMARTS) is 1. The number of H-pyrrole nitrogens is 1. The number of aromatic amines is 1. The molecule has 0 saturated heterocycles. The summed E-state index contributed by atoms with van der Waals surface area (Å²) < 4.78 is 7.89. The number of rotatable bonds is 7. The number of aryl methyl sites for hydroxylation is 1. The molecule has 0 atom stereocenters. The molecule has 5 rings (SSSR count). The van der Waals surface area contributed by atoms with Gasteiger partial charge in [-0.3, -0.25) is 5.10 Å². The molecule has 0 aliphatic rings. The Morgan fingerprint density at radius 2 is 2.03 bits per heavy atom. The number of hydrogen-bond donors (Lipinski definition) is 3. The van der Waals surface area contributed by atoms with E-state index < -0.39 is 5.97 Å². The normalized spacial score (nSPS) is 11.2. The van der Waals surface area contributed by atoms with Crippen LogP contribution in [0.3, 0.4) is 0 Å². The van der Waals surface area contributed by atoms with E-state index in [0.717, 1.165) is 33.9 Å². The number of pyridine rings is 1. The van der Waals surface area contributed by atoms with Crippen molar-refractivity contribution in [3.8, 4) is 5.75 Å². The number of fused-ring (bicyclic) bond motifs is 2. The number of aromatic carboxylic acids is 1. The predicted molar refractivity (Wildman–Crippen MR) is 121 cm³/mol. The third kappa shape index (κ3) is 3.85. The molecule has 5 aromatic rings. The molecule has 3 heterocycles. The standard InChI is InChI=1S/C24H21N5O3/c1-15-3-2-10-29-13-18(26-23(15)29)14-32-19-7-4-16(5-8-19)12-25-17-6-9-21-20(11-17)22(24(30)31)28-27-21/h2-11,13,25H,12,14H2,1H3,(H,27,28)(H,30,31). The van der Waals surface area contributed by atoms with Crippen LogP contribution in [0.1, 0.15) is 27.3 Å². The van der Waals surface area contributed by atoms with Crippen molar-refractivity contribution in [3.05, 3.63) is 89.5 Å². The molecular weight excluding hydrogens is 406 g/mol. The lowest BCUT2D eigenvalue weighted by atomic mass is 10.1. The molecule has 0 radical (unpaired) electrons. The molecule has 0 fully saturated rings. The van der Waals surface area contributed by atoms with Gasteiger partial charge in [0.2, 0.25) is 0 Å². The quantitative estimate of drug-likeness (QED) is 0.355. The van der Waals surface area contributed by atoms with E-state index in [2.05, 4.69) is 20.5 Å². The monoisotopic (exact) mass is 427 g/mol. The molecule has 0 bridgehead atoms. The molecule has 0 saturated carbocycles. The molecule has 0 spiro atoms. The van der Waals surface area contributed by atoms with Crippen molar-refractivity contribution in [2.75, 3.05) is 5.32 Å². The second-order valence-electron chi connectivity index (χ2n) is 7.58. The van der Waals surface area contributed by atoms with Gasteiger partial charge in [-0.2, -0.15) is 5.10 Å². The van der Waals surface area contributed by atoms with Gasteiger partial charge in [0.1, 0.15) is 18.0 Å². The molecule has 8 nitrogen and oxygen atoms in total. The van der Waals surface area contributed by atoms with Gasteiger partial charge in [-0.05, 0) is 54.4 Å². The summed E-state index contributed by atoms with van der Waals surface area (Å²) in [5.74, 6) is -0.281. The van der Waals surface area contributed by atoms with Crippen molar-refractivity contribution in [2.45, 2.75) is 20.1 Å². The summed E-state index contributed by atoms with van der Waals surface area (Å²) in [5.41, 5.74) is 5.55. The first-order chi connectivity index (χ1) is 15.6. The fraction of sp³-hybridized carbons (Fsp3) is 0.125. The first-order valence-electron chi connectivity index (χ1n) is 10.2. The highest BCUT2D eigenvalue weighted by atomic mass is 16.5. The van der Waals surface area contributed by atoms with Crippen LogP contribution in [0.4, 0.5) is 5.69 Å². The molecule has 2 aromatic carbocycles. The van der Waals surface area contributed by atoms with E-state index in [4.69, 9.17) is 4.74 Å². The van der Waals surface area contributed by atoms with Crippen LogP contribution in [0, 0.1) is 6.92 Å². The van der Waals surface area contributed by atoms with Crippen molar-refractivity contribution in [1.82, 2.24) is 19.6 Å². The number of nitrogens with one attached hydrogen (secondary N) is 2. The Bertz CT molecular complexity index is 1420. The van der Waals surface area contributed by atoms with Gasteiger partial charge in [0.05, 0.1) is 11.2 Å². The Kier molecular flexibility index (Phi) is 4.95. The van der Waals surface area contributed by atoms with Crippen molar-refractivity contribution in [3.63, 3.8) is 0 Å². The summed E-state index contributed by atoms with van der Waals surface area (Å²) in [5, 5.41) is 19.7. The maximum Gasteiger partial charge on any atom is 0.357 e.